The minimum Gasteiger partial charge on any atom is -0.465 e. The van der Waals surface area contributed by atoms with Gasteiger partial charge in [0.15, 0.2) is 0 Å². The van der Waals surface area contributed by atoms with Crippen molar-refractivity contribution < 1.29 is 22.7 Å². The normalized spacial score (nSPS) is 10.9. The summed E-state index contributed by atoms with van der Waals surface area (Å²) in [5.41, 5.74) is 5.65. The number of esters is 1. The van der Waals surface area contributed by atoms with Crippen LogP contribution in [-0.4, -0.2) is 25.8 Å². The van der Waals surface area contributed by atoms with Crippen LogP contribution in [0.5, 0.6) is 0 Å². The molecular formula is C11H12F3N3O2S. The van der Waals surface area contributed by atoms with Gasteiger partial charge in [0.2, 0.25) is 0 Å². The summed E-state index contributed by atoms with van der Waals surface area (Å²) in [4.78, 5) is 11.5. The maximum atomic E-state index is 12.0. The molecule has 5 nitrogen and oxygen atoms in total. The maximum absolute atomic E-state index is 12.0. The summed E-state index contributed by atoms with van der Waals surface area (Å²) in [6.07, 6.45) is -5.28. The quantitative estimate of drug-likeness (QED) is 0.645. The van der Waals surface area contributed by atoms with Gasteiger partial charge in [-0.2, -0.15) is 18.4 Å². The minimum absolute atomic E-state index is 0.0226. The Labute approximate surface area is 117 Å². The second-order valence-electron chi connectivity index (χ2n) is 3.80. The van der Waals surface area contributed by atoms with Crippen molar-refractivity contribution in [1.82, 2.24) is 0 Å². The first kappa shape index (κ1) is 16.1. The molecule has 0 aliphatic rings. The summed E-state index contributed by atoms with van der Waals surface area (Å²) in [5, 5.41) is 11.9. The van der Waals surface area contributed by atoms with E-state index in [9.17, 15) is 18.0 Å². The van der Waals surface area contributed by atoms with Crippen molar-refractivity contribution >= 4 is 28.0 Å². The number of nitrogens with one attached hydrogen (secondary N) is 1. The Morgan fingerprint density at radius 1 is 1.55 bits per heavy atom. The molecule has 0 spiro atoms. The van der Waals surface area contributed by atoms with Crippen LogP contribution in [0, 0.1) is 11.3 Å². The highest BCUT2D eigenvalue weighted by molar-refractivity contribution is 7.18. The molecule has 0 saturated heterocycles. The lowest BCUT2D eigenvalue weighted by Gasteiger charge is -2.07. The van der Waals surface area contributed by atoms with E-state index in [1.807, 2.05) is 6.07 Å². The molecule has 0 aliphatic heterocycles. The lowest BCUT2D eigenvalue weighted by molar-refractivity contribution is -0.134. The second-order valence-corrected chi connectivity index (χ2v) is 4.82. The largest absolute Gasteiger partial charge is 0.465 e. The van der Waals surface area contributed by atoms with Crippen LogP contribution in [0.15, 0.2) is 0 Å². The Morgan fingerprint density at radius 3 is 2.70 bits per heavy atom. The van der Waals surface area contributed by atoms with Gasteiger partial charge in [0.05, 0.1) is 12.8 Å². The number of rotatable bonds is 5. The highest BCUT2D eigenvalue weighted by Gasteiger charge is 2.26. The van der Waals surface area contributed by atoms with E-state index in [0.29, 0.717) is 0 Å². The Kier molecular flexibility index (Phi) is 5.21. The van der Waals surface area contributed by atoms with Crippen molar-refractivity contribution in [2.24, 2.45) is 0 Å². The second kappa shape index (κ2) is 6.47. The van der Waals surface area contributed by atoms with E-state index in [2.05, 4.69) is 10.1 Å². The smallest absolute Gasteiger partial charge is 0.389 e. The fourth-order valence-corrected chi connectivity index (χ4v) is 2.43. The summed E-state index contributed by atoms with van der Waals surface area (Å²) in [6, 6.07) is 1.81. The Balaban J connectivity index is 2.76. The molecule has 1 aromatic rings. The lowest BCUT2D eigenvalue weighted by Crippen LogP contribution is -2.10. The molecule has 0 bridgehead atoms. The highest BCUT2D eigenvalue weighted by atomic mass is 32.1. The number of ether oxygens (including phenoxy) is 1. The van der Waals surface area contributed by atoms with E-state index in [1.165, 1.54) is 7.11 Å². The van der Waals surface area contributed by atoms with E-state index in [0.717, 1.165) is 11.3 Å². The van der Waals surface area contributed by atoms with Gasteiger partial charge in [0.25, 0.3) is 0 Å². The van der Waals surface area contributed by atoms with Crippen LogP contribution in [-0.2, 0) is 4.74 Å². The van der Waals surface area contributed by atoms with Gasteiger partial charge in [0, 0.05) is 13.0 Å². The molecule has 110 valence electrons. The zero-order chi connectivity index (χ0) is 15.3. The number of carbonyl (C=O) groups excluding carboxylic acids is 1. The summed E-state index contributed by atoms with van der Waals surface area (Å²) >= 11 is 0.887. The van der Waals surface area contributed by atoms with Crippen LogP contribution < -0.4 is 11.1 Å². The molecule has 0 saturated carbocycles. The topological polar surface area (TPSA) is 88.1 Å². The minimum atomic E-state index is -4.22. The third-order valence-electron chi connectivity index (χ3n) is 2.35. The average Bonchev–Trinajstić information content (AvgIpc) is 2.69. The van der Waals surface area contributed by atoms with Crippen molar-refractivity contribution in [1.29, 1.82) is 5.26 Å². The van der Waals surface area contributed by atoms with E-state index in [1.54, 1.807) is 0 Å². The number of methoxy groups -OCH3 is 1. The monoisotopic (exact) mass is 307 g/mol. The average molecular weight is 307 g/mol. The van der Waals surface area contributed by atoms with Gasteiger partial charge in [-0.1, -0.05) is 0 Å². The van der Waals surface area contributed by atoms with Crippen molar-refractivity contribution in [2.45, 2.75) is 19.0 Å². The summed E-state index contributed by atoms with van der Waals surface area (Å²) in [5.74, 6) is -0.688. The number of hydrogen-bond donors (Lipinski definition) is 2. The van der Waals surface area contributed by atoms with Gasteiger partial charge >= 0.3 is 12.1 Å². The van der Waals surface area contributed by atoms with E-state index >= 15 is 0 Å². The molecule has 20 heavy (non-hydrogen) atoms. The summed E-state index contributed by atoms with van der Waals surface area (Å²) in [7, 11) is 1.17. The van der Waals surface area contributed by atoms with Gasteiger partial charge in [0.1, 0.15) is 21.5 Å². The van der Waals surface area contributed by atoms with Gasteiger partial charge in [-0.3, -0.25) is 0 Å². The molecule has 1 aromatic heterocycles. The van der Waals surface area contributed by atoms with Gasteiger partial charge in [-0.05, 0) is 6.42 Å². The van der Waals surface area contributed by atoms with E-state index in [4.69, 9.17) is 11.0 Å². The molecule has 0 aliphatic carbocycles. The van der Waals surface area contributed by atoms with Crippen molar-refractivity contribution in [3.05, 3.63) is 10.4 Å². The number of carbonyl (C=O) groups is 1. The Morgan fingerprint density at radius 2 is 2.20 bits per heavy atom. The highest BCUT2D eigenvalue weighted by Crippen LogP contribution is 2.35. The number of nitrogens with zero attached hydrogens (tertiary/aromatic N) is 1. The van der Waals surface area contributed by atoms with E-state index < -0.39 is 18.6 Å². The Hall–Kier alpha value is -1.95. The zero-order valence-electron chi connectivity index (χ0n) is 10.5. The van der Waals surface area contributed by atoms with Gasteiger partial charge < -0.3 is 15.8 Å². The zero-order valence-corrected chi connectivity index (χ0v) is 11.3. The van der Waals surface area contributed by atoms with Crippen LogP contribution in [0.2, 0.25) is 0 Å². The first-order valence-corrected chi connectivity index (χ1v) is 6.33. The first-order valence-electron chi connectivity index (χ1n) is 5.51. The molecule has 3 N–H and O–H groups in total. The van der Waals surface area contributed by atoms with Gasteiger partial charge in [-0.25, -0.2) is 4.79 Å². The fraction of sp³-hybridized carbons (Fsp3) is 0.455. The SMILES string of the molecule is COC(=O)c1sc(NCCCC(F)(F)F)c(C#N)c1N. The van der Waals surface area contributed by atoms with Crippen LogP contribution in [0.1, 0.15) is 28.1 Å². The van der Waals surface area contributed by atoms with E-state index in [-0.39, 0.29) is 34.1 Å². The molecule has 0 radical (unpaired) electrons. The van der Waals surface area contributed by atoms with Gasteiger partial charge in [-0.15, -0.1) is 11.3 Å². The van der Waals surface area contributed by atoms with Crippen LogP contribution in [0.25, 0.3) is 0 Å². The number of anilines is 2. The number of hydrogen-bond acceptors (Lipinski definition) is 6. The van der Waals surface area contributed by atoms with Crippen molar-refractivity contribution in [2.75, 3.05) is 24.7 Å². The predicted molar refractivity (Wildman–Crippen MR) is 68.6 cm³/mol. The fourth-order valence-electron chi connectivity index (χ4n) is 1.41. The number of nitrogen functional groups attached to an aromatic ring is 1. The van der Waals surface area contributed by atoms with Crippen LogP contribution >= 0.6 is 11.3 Å². The van der Waals surface area contributed by atoms with Crippen LogP contribution in [0.3, 0.4) is 0 Å². The lowest BCUT2D eigenvalue weighted by atomic mass is 10.2. The number of nitrogens with two attached hydrogens (primary N) is 1. The Bertz CT molecular complexity index is 534. The van der Waals surface area contributed by atoms with Crippen molar-refractivity contribution in [3.63, 3.8) is 0 Å². The van der Waals surface area contributed by atoms with Crippen LogP contribution in [0.4, 0.5) is 23.9 Å². The molecule has 1 heterocycles. The first-order chi connectivity index (χ1) is 9.30. The predicted octanol–water partition coefficient (Wildman–Crippen LogP) is 2.74. The summed E-state index contributed by atoms with van der Waals surface area (Å²) < 4.78 is 40.5. The third kappa shape index (κ3) is 4.03. The number of nitriles is 1. The summed E-state index contributed by atoms with van der Waals surface area (Å²) in [6.45, 7) is 0.0226. The molecular weight excluding hydrogens is 295 g/mol. The molecule has 1 rings (SSSR count). The molecule has 0 unspecified atom stereocenters. The third-order valence-corrected chi connectivity index (χ3v) is 3.49. The maximum Gasteiger partial charge on any atom is 0.389 e. The standard InChI is InChI=1S/C11H12F3N3O2S/c1-19-10(18)8-7(16)6(5-15)9(20-8)17-4-2-3-11(12,13)14/h17H,2-4,16H2,1H3. The molecule has 0 fully saturated rings. The molecule has 0 atom stereocenters. The molecule has 0 amide bonds. The number of alkyl halides is 3. The molecule has 9 heteroatoms. The van der Waals surface area contributed by atoms with Crippen molar-refractivity contribution in [3.8, 4) is 6.07 Å². The molecule has 0 aromatic carbocycles. The number of halogens is 3. The number of thiophene rings is 1.